The van der Waals surface area contributed by atoms with Crippen molar-refractivity contribution in [2.45, 2.75) is 64.8 Å². The summed E-state index contributed by atoms with van der Waals surface area (Å²) in [6.07, 6.45) is 2.29. The Bertz CT molecular complexity index is 695. The molecule has 1 heterocycles. The van der Waals surface area contributed by atoms with Crippen molar-refractivity contribution in [3.63, 3.8) is 0 Å². The molecule has 24 heavy (non-hydrogen) atoms. The molecule has 7 heteroatoms. The maximum Gasteiger partial charge on any atom is 0.306 e. The van der Waals surface area contributed by atoms with E-state index in [0.717, 1.165) is 0 Å². The van der Waals surface area contributed by atoms with Crippen LogP contribution in [-0.2, 0) is 10.2 Å². The van der Waals surface area contributed by atoms with Crippen LogP contribution in [0.2, 0.25) is 0 Å². The Hall–Kier alpha value is -2.18. The van der Waals surface area contributed by atoms with Gasteiger partial charge >= 0.3 is 5.97 Å². The molecule has 0 spiro atoms. The second-order valence-electron chi connectivity index (χ2n) is 7.49. The number of aromatic amines is 1. The Balaban J connectivity index is 2.11. The van der Waals surface area contributed by atoms with E-state index in [1.165, 1.54) is 0 Å². The molecule has 132 valence electrons. The monoisotopic (exact) mass is 335 g/mol. The van der Waals surface area contributed by atoms with Gasteiger partial charge in [0, 0.05) is 11.5 Å². The number of nitrogens with one attached hydrogen (secondary N) is 2. The molecule has 1 saturated carbocycles. The molecule has 2 rings (SSSR count). The molecule has 1 amide bonds. The molecule has 0 unspecified atom stereocenters. The maximum absolute atomic E-state index is 12.4. The predicted octanol–water partition coefficient (Wildman–Crippen LogP) is 1.75. The van der Waals surface area contributed by atoms with Gasteiger partial charge in [-0.05, 0) is 32.6 Å². The molecular weight excluding hydrogens is 310 g/mol. The number of rotatable bonds is 3. The van der Waals surface area contributed by atoms with Crippen molar-refractivity contribution in [3.8, 4) is 0 Å². The van der Waals surface area contributed by atoms with Crippen molar-refractivity contribution in [1.82, 2.24) is 15.3 Å². The fourth-order valence-electron chi connectivity index (χ4n) is 2.95. The summed E-state index contributed by atoms with van der Waals surface area (Å²) >= 11 is 0. The van der Waals surface area contributed by atoms with Gasteiger partial charge in [0.2, 0.25) is 0 Å². The van der Waals surface area contributed by atoms with E-state index in [0.29, 0.717) is 37.2 Å². The first kappa shape index (κ1) is 18.2. The van der Waals surface area contributed by atoms with Gasteiger partial charge in [0.25, 0.3) is 11.5 Å². The van der Waals surface area contributed by atoms with Gasteiger partial charge in [-0.25, -0.2) is 4.98 Å². The minimum absolute atomic E-state index is 0.0309. The number of carboxylic acids is 1. The van der Waals surface area contributed by atoms with Crippen molar-refractivity contribution < 1.29 is 14.7 Å². The Morgan fingerprint density at radius 1 is 1.21 bits per heavy atom. The second-order valence-corrected chi connectivity index (χ2v) is 7.49. The Morgan fingerprint density at radius 2 is 1.79 bits per heavy atom. The first-order chi connectivity index (χ1) is 11.1. The predicted molar refractivity (Wildman–Crippen MR) is 89.1 cm³/mol. The van der Waals surface area contributed by atoms with E-state index in [1.54, 1.807) is 6.92 Å². The summed E-state index contributed by atoms with van der Waals surface area (Å²) in [4.78, 5) is 42.8. The van der Waals surface area contributed by atoms with Crippen LogP contribution in [0.25, 0.3) is 0 Å². The number of amides is 1. The van der Waals surface area contributed by atoms with Crippen LogP contribution < -0.4 is 10.9 Å². The molecule has 7 nitrogen and oxygen atoms in total. The highest BCUT2D eigenvalue weighted by Gasteiger charge is 2.28. The van der Waals surface area contributed by atoms with Crippen LogP contribution >= 0.6 is 0 Å². The van der Waals surface area contributed by atoms with Crippen molar-refractivity contribution in [2.75, 3.05) is 0 Å². The van der Waals surface area contributed by atoms with E-state index < -0.39 is 17.4 Å². The SMILES string of the molecule is Cc1nc(C(C)(C)C)[nH]c(=O)c1C(=O)NC1CCC(C(=O)O)CC1. The number of H-pyrrole nitrogens is 1. The Morgan fingerprint density at radius 3 is 2.25 bits per heavy atom. The number of carbonyl (C=O) groups excluding carboxylic acids is 1. The lowest BCUT2D eigenvalue weighted by Crippen LogP contribution is -2.41. The van der Waals surface area contributed by atoms with Gasteiger partial charge in [-0.1, -0.05) is 20.8 Å². The average molecular weight is 335 g/mol. The number of carboxylic acid groups (broad SMARTS) is 1. The second kappa shape index (κ2) is 6.75. The molecule has 0 atom stereocenters. The van der Waals surface area contributed by atoms with Crippen LogP contribution in [0.15, 0.2) is 4.79 Å². The Kier molecular flexibility index (Phi) is 5.11. The smallest absolute Gasteiger partial charge is 0.306 e. The molecule has 1 aliphatic rings. The number of hydrogen-bond donors (Lipinski definition) is 3. The quantitative estimate of drug-likeness (QED) is 0.779. The molecule has 0 saturated heterocycles. The zero-order valence-electron chi connectivity index (χ0n) is 14.6. The highest BCUT2D eigenvalue weighted by atomic mass is 16.4. The number of nitrogens with zero attached hydrogens (tertiary/aromatic N) is 1. The van der Waals surface area contributed by atoms with Crippen LogP contribution in [-0.4, -0.2) is 33.0 Å². The van der Waals surface area contributed by atoms with E-state index in [4.69, 9.17) is 5.11 Å². The molecule has 1 aromatic rings. The van der Waals surface area contributed by atoms with Gasteiger partial charge in [0.15, 0.2) is 0 Å². The fraction of sp³-hybridized carbons (Fsp3) is 0.647. The highest BCUT2D eigenvalue weighted by molar-refractivity contribution is 5.95. The molecule has 1 fully saturated rings. The summed E-state index contributed by atoms with van der Waals surface area (Å²) < 4.78 is 0. The van der Waals surface area contributed by atoms with E-state index in [9.17, 15) is 14.4 Å². The average Bonchev–Trinajstić information content (AvgIpc) is 2.46. The van der Waals surface area contributed by atoms with Crippen LogP contribution in [0.4, 0.5) is 0 Å². The summed E-state index contributed by atoms with van der Waals surface area (Å²) in [6.45, 7) is 7.46. The molecule has 0 aliphatic heterocycles. The third-order valence-electron chi connectivity index (χ3n) is 4.45. The van der Waals surface area contributed by atoms with Gasteiger partial charge < -0.3 is 15.4 Å². The largest absolute Gasteiger partial charge is 0.481 e. The van der Waals surface area contributed by atoms with Gasteiger partial charge in [-0.3, -0.25) is 14.4 Å². The molecule has 0 bridgehead atoms. The molecule has 3 N–H and O–H groups in total. The van der Waals surface area contributed by atoms with Gasteiger partial charge in [-0.2, -0.15) is 0 Å². The summed E-state index contributed by atoms with van der Waals surface area (Å²) in [5, 5.41) is 11.9. The topological polar surface area (TPSA) is 112 Å². The van der Waals surface area contributed by atoms with Crippen molar-refractivity contribution in [3.05, 3.63) is 27.4 Å². The number of carbonyl (C=O) groups is 2. The van der Waals surface area contributed by atoms with Gasteiger partial charge in [0.1, 0.15) is 11.4 Å². The minimum atomic E-state index is -0.783. The zero-order valence-corrected chi connectivity index (χ0v) is 14.6. The number of aromatic nitrogens is 2. The van der Waals surface area contributed by atoms with Crippen LogP contribution in [0.5, 0.6) is 0 Å². The van der Waals surface area contributed by atoms with Crippen LogP contribution in [0.1, 0.15) is 68.3 Å². The fourth-order valence-corrected chi connectivity index (χ4v) is 2.95. The molecule has 1 aliphatic carbocycles. The lowest BCUT2D eigenvalue weighted by atomic mass is 9.86. The first-order valence-electron chi connectivity index (χ1n) is 8.24. The van der Waals surface area contributed by atoms with Gasteiger partial charge in [0.05, 0.1) is 11.6 Å². The molecule has 1 aromatic heterocycles. The molecule has 0 radical (unpaired) electrons. The standard InChI is InChI=1S/C17H25N3O4/c1-9-12(14(22)20-16(18-9)17(2,3)4)13(21)19-11-7-5-10(6-8-11)15(23)24/h10-11H,5-8H2,1-4H3,(H,19,21)(H,23,24)(H,18,20,22). The van der Waals surface area contributed by atoms with Gasteiger partial charge in [-0.15, -0.1) is 0 Å². The number of aliphatic carboxylic acids is 1. The summed E-state index contributed by atoms with van der Waals surface area (Å²) in [5.74, 6) is -1.02. The van der Waals surface area contributed by atoms with Crippen LogP contribution in [0.3, 0.4) is 0 Å². The van der Waals surface area contributed by atoms with E-state index in [2.05, 4.69) is 15.3 Å². The highest BCUT2D eigenvalue weighted by Crippen LogP contribution is 2.24. The lowest BCUT2D eigenvalue weighted by Gasteiger charge is -2.27. The third-order valence-corrected chi connectivity index (χ3v) is 4.45. The summed E-state index contributed by atoms with van der Waals surface area (Å²) in [7, 11) is 0. The zero-order chi connectivity index (χ0) is 18.1. The Labute approximate surface area is 140 Å². The lowest BCUT2D eigenvalue weighted by molar-refractivity contribution is -0.142. The first-order valence-corrected chi connectivity index (χ1v) is 8.24. The maximum atomic E-state index is 12.4. The third kappa shape index (κ3) is 4.01. The normalized spacial score (nSPS) is 21.3. The van der Waals surface area contributed by atoms with E-state index >= 15 is 0 Å². The minimum Gasteiger partial charge on any atom is -0.481 e. The van der Waals surface area contributed by atoms with Crippen molar-refractivity contribution in [1.29, 1.82) is 0 Å². The number of hydrogen-bond acceptors (Lipinski definition) is 4. The van der Waals surface area contributed by atoms with E-state index in [1.807, 2.05) is 20.8 Å². The molecular formula is C17H25N3O4. The molecule has 0 aromatic carbocycles. The number of aryl methyl sites for hydroxylation is 1. The summed E-state index contributed by atoms with van der Waals surface area (Å²) in [6, 6.07) is -0.103. The van der Waals surface area contributed by atoms with Crippen LogP contribution in [0, 0.1) is 12.8 Å². The van der Waals surface area contributed by atoms with Crippen molar-refractivity contribution in [2.24, 2.45) is 5.92 Å². The summed E-state index contributed by atoms with van der Waals surface area (Å²) in [5.41, 5.74) is -0.318. The van der Waals surface area contributed by atoms with E-state index in [-0.39, 0.29) is 22.9 Å². The van der Waals surface area contributed by atoms with Crippen molar-refractivity contribution >= 4 is 11.9 Å².